The lowest BCUT2D eigenvalue weighted by Gasteiger charge is -2.25. The van der Waals surface area contributed by atoms with Crippen molar-refractivity contribution >= 4 is 47.2 Å². The van der Waals surface area contributed by atoms with Gasteiger partial charge in [0.2, 0.25) is 17.7 Å². The molecule has 0 aliphatic rings. The van der Waals surface area contributed by atoms with E-state index in [1.54, 1.807) is 30.3 Å². The number of amides is 5. The first-order valence-corrected chi connectivity index (χ1v) is 15.4. The fraction of sp³-hybridized carbons (Fsp3) is 0.364. The lowest BCUT2D eigenvalue weighted by Crippen LogP contribution is -2.56. The standard InChI is InChI=1S/C33H42ClN5O8/c1-4-17-46-32(44)35-16-10-9-13-27(30(42)37-26-15-14-24(21-40)19-25(26)34)38-31(43)28(20-23-11-7-6-8-12-23)39-29(41)22(3)36-33(45)47-18-5-2/h4-8,11-12,14-15,19,22,27-28,40H,1-2,9-10,13,16-18,20-21H2,3H3,(H,35,44)(H,36,45)(H,37,42)(H,38,43)(H,39,41)/t22-,27+,28+/m1/s1. The summed E-state index contributed by atoms with van der Waals surface area (Å²) >= 11 is 6.30. The highest BCUT2D eigenvalue weighted by Gasteiger charge is 2.29. The third-order valence-corrected chi connectivity index (χ3v) is 6.92. The molecule has 14 heteroatoms. The minimum Gasteiger partial charge on any atom is -0.445 e. The van der Waals surface area contributed by atoms with Crippen LogP contribution in [-0.2, 0) is 36.9 Å². The molecule has 0 aliphatic carbocycles. The molecule has 0 saturated carbocycles. The number of halogens is 1. The monoisotopic (exact) mass is 671 g/mol. The summed E-state index contributed by atoms with van der Waals surface area (Å²) in [5.41, 5.74) is 1.57. The number of hydrogen-bond donors (Lipinski definition) is 6. The molecular formula is C33H42ClN5O8. The van der Waals surface area contributed by atoms with Gasteiger partial charge in [-0.05, 0) is 49.4 Å². The molecule has 13 nitrogen and oxygen atoms in total. The zero-order valence-electron chi connectivity index (χ0n) is 26.3. The van der Waals surface area contributed by atoms with Crippen molar-refractivity contribution < 1.29 is 38.6 Å². The second kappa shape index (κ2) is 21.0. The topological polar surface area (TPSA) is 184 Å². The quantitative estimate of drug-likeness (QED) is 0.0970. The summed E-state index contributed by atoms with van der Waals surface area (Å²) in [4.78, 5) is 63.9. The Kier molecular flexibility index (Phi) is 17.1. The van der Waals surface area contributed by atoms with E-state index in [1.165, 1.54) is 31.2 Å². The number of rotatable bonds is 19. The van der Waals surface area contributed by atoms with Crippen molar-refractivity contribution in [2.75, 3.05) is 25.1 Å². The third-order valence-electron chi connectivity index (χ3n) is 6.60. The van der Waals surface area contributed by atoms with Crippen LogP contribution in [0.15, 0.2) is 73.8 Å². The summed E-state index contributed by atoms with van der Waals surface area (Å²) in [6, 6.07) is 10.4. The summed E-state index contributed by atoms with van der Waals surface area (Å²) in [5.74, 6) is -1.86. The number of anilines is 1. The Hall–Kier alpha value is -4.88. The largest absolute Gasteiger partial charge is 0.445 e. The Labute approximate surface area is 279 Å². The molecule has 6 N–H and O–H groups in total. The highest BCUT2D eigenvalue weighted by molar-refractivity contribution is 6.33. The van der Waals surface area contributed by atoms with Crippen LogP contribution < -0.4 is 26.6 Å². The van der Waals surface area contributed by atoms with Crippen molar-refractivity contribution in [3.63, 3.8) is 0 Å². The molecule has 0 heterocycles. The van der Waals surface area contributed by atoms with E-state index in [0.29, 0.717) is 18.4 Å². The van der Waals surface area contributed by atoms with Gasteiger partial charge in [0.1, 0.15) is 31.3 Å². The van der Waals surface area contributed by atoms with Crippen LogP contribution in [0.5, 0.6) is 0 Å². The number of nitrogens with one attached hydrogen (secondary N) is 5. The number of alkyl carbamates (subject to hydrolysis) is 2. The van der Waals surface area contributed by atoms with E-state index in [2.05, 4.69) is 39.7 Å². The van der Waals surface area contributed by atoms with Crippen LogP contribution in [0.4, 0.5) is 15.3 Å². The van der Waals surface area contributed by atoms with Crippen LogP contribution in [0.1, 0.15) is 37.3 Å². The minimum absolute atomic E-state index is 0.0467. The van der Waals surface area contributed by atoms with Crippen LogP contribution in [-0.4, -0.2) is 72.9 Å². The molecule has 0 unspecified atom stereocenters. The smallest absolute Gasteiger partial charge is 0.408 e. The van der Waals surface area contributed by atoms with Crippen molar-refractivity contribution in [3.8, 4) is 0 Å². The maximum Gasteiger partial charge on any atom is 0.408 e. The van der Waals surface area contributed by atoms with Crippen molar-refractivity contribution in [2.45, 2.75) is 57.3 Å². The number of benzene rings is 2. The normalized spacial score (nSPS) is 12.3. The first kappa shape index (κ1) is 38.3. The molecule has 2 aromatic carbocycles. The second-order valence-electron chi connectivity index (χ2n) is 10.3. The van der Waals surface area contributed by atoms with Gasteiger partial charge in [-0.1, -0.05) is 73.3 Å². The lowest BCUT2D eigenvalue weighted by molar-refractivity contribution is -0.131. The van der Waals surface area contributed by atoms with Gasteiger partial charge in [0.15, 0.2) is 0 Å². The van der Waals surface area contributed by atoms with Gasteiger partial charge in [-0.3, -0.25) is 14.4 Å². The fourth-order valence-corrected chi connectivity index (χ4v) is 4.39. The Morgan fingerprint density at radius 2 is 1.49 bits per heavy atom. The zero-order chi connectivity index (χ0) is 34.6. The Morgan fingerprint density at radius 1 is 0.830 bits per heavy atom. The number of aliphatic hydroxyl groups is 1. The highest BCUT2D eigenvalue weighted by Crippen LogP contribution is 2.23. The van der Waals surface area contributed by atoms with E-state index in [4.69, 9.17) is 21.1 Å². The molecule has 0 bridgehead atoms. The van der Waals surface area contributed by atoms with Crippen molar-refractivity contribution in [1.29, 1.82) is 0 Å². The average Bonchev–Trinajstić information content (AvgIpc) is 3.06. The number of unbranched alkanes of at least 4 members (excludes halogenated alkanes) is 1. The molecule has 0 spiro atoms. The van der Waals surface area contributed by atoms with E-state index >= 15 is 0 Å². The third kappa shape index (κ3) is 14.4. The molecule has 0 saturated heterocycles. The van der Waals surface area contributed by atoms with E-state index in [0.717, 1.165) is 5.56 Å². The van der Waals surface area contributed by atoms with Crippen LogP contribution in [0, 0.1) is 0 Å². The van der Waals surface area contributed by atoms with Crippen LogP contribution in [0.2, 0.25) is 5.02 Å². The first-order valence-electron chi connectivity index (χ1n) is 15.0. The molecule has 0 aromatic heterocycles. The number of carbonyl (C=O) groups excluding carboxylic acids is 5. The minimum atomic E-state index is -1.12. The zero-order valence-corrected chi connectivity index (χ0v) is 27.0. The summed E-state index contributed by atoms with van der Waals surface area (Å²) in [5, 5.41) is 22.7. The van der Waals surface area contributed by atoms with Gasteiger partial charge in [0, 0.05) is 13.0 Å². The van der Waals surface area contributed by atoms with Gasteiger partial charge >= 0.3 is 12.2 Å². The van der Waals surface area contributed by atoms with Gasteiger partial charge in [-0.2, -0.15) is 0 Å². The van der Waals surface area contributed by atoms with Crippen LogP contribution >= 0.6 is 11.6 Å². The van der Waals surface area contributed by atoms with E-state index < -0.39 is 48.0 Å². The van der Waals surface area contributed by atoms with Gasteiger partial charge < -0.3 is 41.2 Å². The molecule has 0 fully saturated rings. The molecule has 2 rings (SSSR count). The molecule has 254 valence electrons. The van der Waals surface area contributed by atoms with E-state index in [9.17, 15) is 29.1 Å². The summed E-state index contributed by atoms with van der Waals surface area (Å²) in [6.07, 6.45) is 2.53. The Bertz CT molecular complexity index is 1370. The van der Waals surface area contributed by atoms with Gasteiger partial charge in [-0.15, -0.1) is 0 Å². The van der Waals surface area contributed by atoms with Gasteiger partial charge in [-0.25, -0.2) is 9.59 Å². The van der Waals surface area contributed by atoms with Crippen molar-refractivity contribution in [1.82, 2.24) is 21.3 Å². The summed E-state index contributed by atoms with van der Waals surface area (Å²) < 4.78 is 9.75. The van der Waals surface area contributed by atoms with Crippen molar-refractivity contribution in [3.05, 3.63) is 90.0 Å². The lowest BCUT2D eigenvalue weighted by atomic mass is 10.0. The molecule has 3 atom stereocenters. The molecule has 5 amide bonds. The number of aliphatic hydroxyl groups excluding tert-OH is 1. The van der Waals surface area contributed by atoms with Crippen LogP contribution in [0.25, 0.3) is 0 Å². The maximum atomic E-state index is 13.7. The predicted molar refractivity (Wildman–Crippen MR) is 178 cm³/mol. The summed E-state index contributed by atoms with van der Waals surface area (Å²) in [7, 11) is 0. The maximum absolute atomic E-state index is 13.7. The molecular weight excluding hydrogens is 630 g/mol. The summed E-state index contributed by atoms with van der Waals surface area (Å²) in [6.45, 7) is 8.43. The molecule has 47 heavy (non-hydrogen) atoms. The number of hydrogen-bond acceptors (Lipinski definition) is 8. The van der Waals surface area contributed by atoms with Crippen LogP contribution in [0.3, 0.4) is 0 Å². The van der Waals surface area contributed by atoms with Gasteiger partial charge in [0.25, 0.3) is 0 Å². The van der Waals surface area contributed by atoms with Crippen molar-refractivity contribution in [2.24, 2.45) is 0 Å². The predicted octanol–water partition coefficient (Wildman–Crippen LogP) is 3.37. The Morgan fingerprint density at radius 3 is 2.13 bits per heavy atom. The van der Waals surface area contributed by atoms with E-state index in [1.807, 2.05) is 6.07 Å². The fourth-order valence-electron chi connectivity index (χ4n) is 4.14. The number of ether oxygens (including phenoxy) is 2. The second-order valence-corrected chi connectivity index (χ2v) is 10.7. The highest BCUT2D eigenvalue weighted by atomic mass is 35.5. The molecule has 2 aromatic rings. The van der Waals surface area contributed by atoms with Gasteiger partial charge in [0.05, 0.1) is 17.3 Å². The number of carbonyl (C=O) groups is 5. The molecule has 0 aliphatic heterocycles. The first-order chi connectivity index (χ1) is 22.6. The molecule has 0 radical (unpaired) electrons. The Balaban J connectivity index is 2.21. The van der Waals surface area contributed by atoms with E-state index in [-0.39, 0.29) is 49.9 Å². The SMILES string of the molecule is C=CCOC(=O)NCCCC[C@H](NC(=O)[C@H](Cc1ccccc1)NC(=O)[C@@H](C)NC(=O)OCC=C)C(=O)Nc1ccc(CO)cc1Cl. The average molecular weight is 672 g/mol.